The van der Waals surface area contributed by atoms with Gasteiger partial charge in [-0.3, -0.25) is 9.59 Å². The Morgan fingerprint density at radius 2 is 1.85 bits per heavy atom. The number of carbonyl (C=O) groups is 3. The lowest BCUT2D eigenvalue weighted by atomic mass is 10.1. The number of hydrogen-bond acceptors (Lipinski definition) is 4. The molecule has 1 aromatic carbocycles. The number of rotatable bonds is 10. The molecule has 1 atom stereocenters. The van der Waals surface area contributed by atoms with E-state index in [1.54, 1.807) is 26.0 Å². The molecule has 0 aliphatic rings. The first-order valence-electron chi connectivity index (χ1n) is 9.00. The minimum atomic E-state index is -0.689. The Morgan fingerprint density at radius 3 is 2.48 bits per heavy atom. The van der Waals surface area contributed by atoms with Crippen LogP contribution in [0.4, 0.5) is 0 Å². The van der Waals surface area contributed by atoms with E-state index in [9.17, 15) is 14.4 Å². The lowest BCUT2D eigenvalue weighted by Gasteiger charge is -2.16. The minimum Gasteiger partial charge on any atom is -0.467 e. The first-order chi connectivity index (χ1) is 13.0. The van der Waals surface area contributed by atoms with E-state index in [2.05, 4.69) is 10.6 Å². The molecule has 0 spiro atoms. The number of esters is 1. The summed E-state index contributed by atoms with van der Waals surface area (Å²) in [6.07, 6.45) is 6.73. The van der Waals surface area contributed by atoms with E-state index in [0.29, 0.717) is 31.4 Å². The molecule has 6 nitrogen and oxygen atoms in total. The van der Waals surface area contributed by atoms with E-state index < -0.39 is 12.0 Å². The Bertz CT molecular complexity index is 681. The van der Waals surface area contributed by atoms with Crippen LogP contribution < -0.4 is 10.6 Å². The number of ether oxygens (including phenoxy) is 1. The number of hydrogen-bond donors (Lipinski definition) is 2. The summed E-state index contributed by atoms with van der Waals surface area (Å²) in [6, 6.07) is 8.88. The molecule has 6 heteroatoms. The molecule has 1 rings (SSSR count). The van der Waals surface area contributed by atoms with Crippen LogP contribution in [0.5, 0.6) is 0 Å². The summed E-state index contributed by atoms with van der Waals surface area (Å²) in [5.74, 6) is -0.922. The lowest BCUT2D eigenvalue weighted by molar-refractivity contribution is -0.144. The zero-order valence-electron chi connectivity index (χ0n) is 16.2. The molecule has 0 fully saturated rings. The molecule has 0 radical (unpaired) electrons. The summed E-state index contributed by atoms with van der Waals surface area (Å²) in [4.78, 5) is 35.5. The molecule has 27 heavy (non-hydrogen) atoms. The summed E-state index contributed by atoms with van der Waals surface area (Å²) < 4.78 is 4.74. The normalized spacial score (nSPS) is 12.5. The third kappa shape index (κ3) is 8.85. The minimum absolute atomic E-state index is 0.166. The maximum absolute atomic E-state index is 11.9. The average Bonchev–Trinajstić information content (AvgIpc) is 2.70. The van der Waals surface area contributed by atoms with Crippen molar-refractivity contribution < 1.29 is 19.1 Å². The van der Waals surface area contributed by atoms with Crippen molar-refractivity contribution in [2.24, 2.45) is 0 Å². The van der Waals surface area contributed by atoms with Gasteiger partial charge in [-0.05, 0) is 44.7 Å². The molecule has 0 bridgehead atoms. The molecule has 0 aliphatic heterocycles. The number of allylic oxidation sites excluding steroid dienone is 1. The van der Waals surface area contributed by atoms with Crippen LogP contribution in [-0.2, 0) is 19.1 Å². The number of unbranched alkanes of at least 4 members (excludes halogenated alkanes) is 1. The molecule has 2 amide bonds. The fourth-order valence-corrected chi connectivity index (χ4v) is 2.27. The van der Waals surface area contributed by atoms with Crippen molar-refractivity contribution in [1.29, 1.82) is 0 Å². The van der Waals surface area contributed by atoms with Gasteiger partial charge in [-0.15, -0.1) is 0 Å². The Labute approximate surface area is 160 Å². The van der Waals surface area contributed by atoms with Gasteiger partial charge in [0.15, 0.2) is 0 Å². The second kappa shape index (κ2) is 12.5. The summed E-state index contributed by atoms with van der Waals surface area (Å²) >= 11 is 0. The summed E-state index contributed by atoms with van der Waals surface area (Å²) in [7, 11) is 1.29. The van der Waals surface area contributed by atoms with Crippen LogP contribution in [0, 0.1) is 0 Å². The maximum Gasteiger partial charge on any atom is 0.328 e. The first kappa shape index (κ1) is 22.2. The quantitative estimate of drug-likeness (QED) is 0.376. The molecule has 0 aliphatic carbocycles. The monoisotopic (exact) mass is 372 g/mol. The maximum atomic E-state index is 11.9. The second-order valence-corrected chi connectivity index (χ2v) is 6.05. The predicted molar refractivity (Wildman–Crippen MR) is 106 cm³/mol. The molecular weight excluding hydrogens is 344 g/mol. The van der Waals surface area contributed by atoms with Crippen LogP contribution in [0.2, 0.25) is 0 Å². The van der Waals surface area contributed by atoms with Crippen LogP contribution in [0.3, 0.4) is 0 Å². The third-order valence-electron chi connectivity index (χ3n) is 4.03. The Hall–Kier alpha value is -2.89. The summed E-state index contributed by atoms with van der Waals surface area (Å²) in [5.41, 5.74) is 1.50. The van der Waals surface area contributed by atoms with Gasteiger partial charge in [-0.2, -0.15) is 0 Å². The number of methoxy groups -OCH3 is 1. The molecule has 146 valence electrons. The predicted octanol–water partition coefficient (Wildman–Crippen LogP) is 2.61. The van der Waals surface area contributed by atoms with Crippen molar-refractivity contribution in [1.82, 2.24) is 10.6 Å². The van der Waals surface area contributed by atoms with E-state index in [-0.39, 0.29) is 11.8 Å². The van der Waals surface area contributed by atoms with E-state index in [1.807, 2.05) is 30.3 Å². The third-order valence-corrected chi connectivity index (χ3v) is 4.03. The lowest BCUT2D eigenvalue weighted by Crippen LogP contribution is -2.41. The highest BCUT2D eigenvalue weighted by atomic mass is 16.5. The van der Waals surface area contributed by atoms with Gasteiger partial charge < -0.3 is 15.4 Å². The molecule has 0 saturated heterocycles. The highest BCUT2D eigenvalue weighted by molar-refractivity contribution is 5.95. The van der Waals surface area contributed by atoms with E-state index in [0.717, 1.165) is 5.56 Å². The van der Waals surface area contributed by atoms with Gasteiger partial charge in [0, 0.05) is 18.2 Å². The van der Waals surface area contributed by atoms with Crippen molar-refractivity contribution >= 4 is 23.9 Å². The van der Waals surface area contributed by atoms with Gasteiger partial charge in [-0.1, -0.05) is 36.4 Å². The van der Waals surface area contributed by atoms with Gasteiger partial charge in [0.05, 0.1) is 7.11 Å². The van der Waals surface area contributed by atoms with E-state index in [1.165, 1.54) is 13.2 Å². The molecule has 0 aromatic heterocycles. The number of amides is 2. The standard InChI is InChI=1S/C21H28N2O4/c1-4-16(2)20(25)23-18(21(26)27-3)12-8-9-15-22-19(24)14-13-17-10-6-5-7-11-17/h4-7,10-11,13-14,18H,8-9,12,15H2,1-3H3,(H,22,24)(H,23,25)/b14-13?,16-4+/t18-/m0/s1. The summed E-state index contributed by atoms with van der Waals surface area (Å²) in [6.45, 7) is 3.94. The largest absolute Gasteiger partial charge is 0.467 e. The van der Waals surface area contributed by atoms with Crippen LogP contribution >= 0.6 is 0 Å². The van der Waals surface area contributed by atoms with Crippen LogP contribution in [0.25, 0.3) is 6.08 Å². The summed E-state index contributed by atoms with van der Waals surface area (Å²) in [5, 5.41) is 5.48. The fourth-order valence-electron chi connectivity index (χ4n) is 2.27. The number of nitrogens with one attached hydrogen (secondary N) is 2. The van der Waals surface area contributed by atoms with E-state index >= 15 is 0 Å². The van der Waals surface area contributed by atoms with Gasteiger partial charge in [-0.25, -0.2) is 4.79 Å². The van der Waals surface area contributed by atoms with Crippen molar-refractivity contribution in [3.05, 3.63) is 53.6 Å². The van der Waals surface area contributed by atoms with Crippen LogP contribution in [0.15, 0.2) is 48.1 Å². The molecule has 0 heterocycles. The molecular formula is C21H28N2O4. The van der Waals surface area contributed by atoms with Gasteiger partial charge in [0.1, 0.15) is 6.04 Å². The average molecular weight is 372 g/mol. The van der Waals surface area contributed by atoms with Crippen LogP contribution in [-0.4, -0.2) is 37.5 Å². The fraction of sp³-hybridized carbons (Fsp3) is 0.381. The second-order valence-electron chi connectivity index (χ2n) is 6.05. The van der Waals surface area contributed by atoms with Crippen molar-refractivity contribution in [2.45, 2.75) is 39.2 Å². The number of benzene rings is 1. The van der Waals surface area contributed by atoms with Gasteiger partial charge in [0.25, 0.3) is 0 Å². The molecule has 0 saturated carbocycles. The van der Waals surface area contributed by atoms with Crippen LogP contribution in [0.1, 0.15) is 38.7 Å². The highest BCUT2D eigenvalue weighted by Gasteiger charge is 2.21. The molecule has 1 aromatic rings. The highest BCUT2D eigenvalue weighted by Crippen LogP contribution is 2.05. The number of carbonyl (C=O) groups excluding carboxylic acids is 3. The van der Waals surface area contributed by atoms with Gasteiger partial charge >= 0.3 is 5.97 Å². The van der Waals surface area contributed by atoms with Gasteiger partial charge in [0.2, 0.25) is 11.8 Å². The van der Waals surface area contributed by atoms with Crippen molar-refractivity contribution in [3.63, 3.8) is 0 Å². The Kier molecular flexibility index (Phi) is 10.2. The zero-order chi connectivity index (χ0) is 20.1. The zero-order valence-corrected chi connectivity index (χ0v) is 16.2. The Balaban J connectivity index is 2.34. The Morgan fingerprint density at radius 1 is 1.15 bits per heavy atom. The SMILES string of the molecule is C/C=C(\C)C(=O)N[C@@H](CCCCNC(=O)C=Cc1ccccc1)C(=O)OC. The molecule has 0 unspecified atom stereocenters. The van der Waals surface area contributed by atoms with E-state index in [4.69, 9.17) is 4.74 Å². The molecule has 2 N–H and O–H groups in total. The smallest absolute Gasteiger partial charge is 0.328 e. The first-order valence-corrected chi connectivity index (χ1v) is 9.00. The van der Waals surface area contributed by atoms with Crippen molar-refractivity contribution in [2.75, 3.05) is 13.7 Å². The van der Waals surface area contributed by atoms with Crippen molar-refractivity contribution in [3.8, 4) is 0 Å². The topological polar surface area (TPSA) is 84.5 Å².